The molecule has 2 N–H and O–H groups in total. The van der Waals surface area contributed by atoms with Crippen molar-refractivity contribution in [2.75, 3.05) is 0 Å². The Balaban J connectivity index is 2.25. The molecule has 0 amide bonds. The van der Waals surface area contributed by atoms with Crippen LogP contribution in [-0.2, 0) is 6.61 Å². The van der Waals surface area contributed by atoms with Gasteiger partial charge in [0.2, 0.25) is 5.69 Å². The Kier molecular flexibility index (Phi) is 3.49. The summed E-state index contributed by atoms with van der Waals surface area (Å²) in [5.41, 5.74) is 0.490. The first-order valence-corrected chi connectivity index (χ1v) is 5.12. The number of ether oxygens (including phenoxy) is 1. The molecule has 0 aliphatic rings. The van der Waals surface area contributed by atoms with E-state index in [-0.39, 0.29) is 18.2 Å². The van der Waals surface area contributed by atoms with Crippen molar-refractivity contribution in [3.05, 3.63) is 47.9 Å². The van der Waals surface area contributed by atoms with Crippen LogP contribution in [0.5, 0.6) is 11.6 Å². The molecule has 6 heteroatoms. The SMILES string of the molecule is O=C(O)c1nccnc1Oc1ccc(CO)cc1. The van der Waals surface area contributed by atoms with Crippen LogP contribution in [0, 0.1) is 0 Å². The van der Waals surface area contributed by atoms with Crippen molar-refractivity contribution in [2.45, 2.75) is 6.61 Å². The van der Waals surface area contributed by atoms with Crippen LogP contribution in [0.15, 0.2) is 36.7 Å². The van der Waals surface area contributed by atoms with Crippen LogP contribution in [0.3, 0.4) is 0 Å². The van der Waals surface area contributed by atoms with E-state index in [4.69, 9.17) is 14.9 Å². The molecule has 1 aromatic carbocycles. The van der Waals surface area contributed by atoms with Gasteiger partial charge in [0.1, 0.15) is 5.75 Å². The Bertz CT molecular complexity index is 554. The van der Waals surface area contributed by atoms with Gasteiger partial charge >= 0.3 is 5.97 Å². The number of nitrogens with zero attached hydrogens (tertiary/aromatic N) is 2. The van der Waals surface area contributed by atoms with Crippen LogP contribution < -0.4 is 4.74 Å². The molecule has 0 spiro atoms. The highest BCUT2D eigenvalue weighted by molar-refractivity contribution is 5.87. The first kappa shape index (κ1) is 12.0. The summed E-state index contributed by atoms with van der Waals surface area (Å²) in [5, 5.41) is 17.8. The van der Waals surface area contributed by atoms with E-state index in [1.54, 1.807) is 24.3 Å². The Morgan fingerprint density at radius 3 is 2.44 bits per heavy atom. The summed E-state index contributed by atoms with van der Waals surface area (Å²) in [5.74, 6) is -0.845. The number of benzene rings is 1. The number of aromatic carboxylic acids is 1. The van der Waals surface area contributed by atoms with Gasteiger partial charge in [-0.3, -0.25) is 0 Å². The third-order valence-corrected chi connectivity index (χ3v) is 2.19. The van der Waals surface area contributed by atoms with Gasteiger partial charge < -0.3 is 14.9 Å². The quantitative estimate of drug-likeness (QED) is 0.848. The predicted molar refractivity (Wildman–Crippen MR) is 61.4 cm³/mol. The van der Waals surface area contributed by atoms with E-state index in [1.807, 2.05) is 0 Å². The number of carboxylic acid groups (broad SMARTS) is 1. The lowest BCUT2D eigenvalue weighted by Crippen LogP contribution is -2.04. The summed E-state index contributed by atoms with van der Waals surface area (Å²) in [6, 6.07) is 6.58. The summed E-state index contributed by atoms with van der Waals surface area (Å²) in [6.45, 7) is -0.0637. The second-order valence-corrected chi connectivity index (χ2v) is 3.42. The van der Waals surface area contributed by atoms with E-state index in [9.17, 15) is 4.79 Å². The molecule has 0 saturated carbocycles. The van der Waals surface area contributed by atoms with E-state index in [0.717, 1.165) is 5.56 Å². The fourth-order valence-electron chi connectivity index (χ4n) is 1.32. The summed E-state index contributed by atoms with van der Waals surface area (Å²) < 4.78 is 5.33. The molecule has 0 saturated heterocycles. The number of aromatic nitrogens is 2. The topological polar surface area (TPSA) is 92.5 Å². The summed E-state index contributed by atoms with van der Waals surface area (Å²) >= 11 is 0. The Hall–Kier alpha value is -2.47. The minimum atomic E-state index is -1.20. The fourth-order valence-corrected chi connectivity index (χ4v) is 1.32. The van der Waals surface area contributed by atoms with Gasteiger partial charge in [-0.1, -0.05) is 12.1 Å². The molecule has 18 heavy (non-hydrogen) atoms. The van der Waals surface area contributed by atoms with Crippen molar-refractivity contribution in [1.82, 2.24) is 9.97 Å². The van der Waals surface area contributed by atoms with Gasteiger partial charge in [0, 0.05) is 12.4 Å². The van der Waals surface area contributed by atoms with Crippen molar-refractivity contribution < 1.29 is 19.7 Å². The minimum absolute atomic E-state index is 0.0637. The van der Waals surface area contributed by atoms with Gasteiger partial charge in [0.05, 0.1) is 6.61 Å². The second kappa shape index (κ2) is 5.24. The molecule has 0 radical (unpaired) electrons. The third-order valence-electron chi connectivity index (χ3n) is 2.19. The molecule has 2 rings (SSSR count). The maximum absolute atomic E-state index is 10.9. The fraction of sp³-hybridized carbons (Fsp3) is 0.0833. The van der Waals surface area contributed by atoms with Crippen LogP contribution in [0.4, 0.5) is 0 Å². The van der Waals surface area contributed by atoms with Crippen molar-refractivity contribution in [3.63, 3.8) is 0 Å². The molecule has 0 atom stereocenters. The first-order chi connectivity index (χ1) is 8.70. The van der Waals surface area contributed by atoms with Crippen molar-refractivity contribution in [3.8, 4) is 11.6 Å². The zero-order chi connectivity index (χ0) is 13.0. The zero-order valence-electron chi connectivity index (χ0n) is 9.28. The molecule has 6 nitrogen and oxygen atoms in total. The van der Waals surface area contributed by atoms with E-state index in [2.05, 4.69) is 9.97 Å². The van der Waals surface area contributed by atoms with Gasteiger partial charge in [-0.2, -0.15) is 0 Å². The van der Waals surface area contributed by atoms with Gasteiger partial charge in [-0.05, 0) is 17.7 Å². The Morgan fingerprint density at radius 1 is 1.17 bits per heavy atom. The molecule has 2 aromatic rings. The Labute approximate surface area is 103 Å². The molecule has 0 bridgehead atoms. The molecule has 92 valence electrons. The largest absolute Gasteiger partial charge is 0.476 e. The lowest BCUT2D eigenvalue weighted by molar-refractivity contribution is 0.0686. The molecule has 1 heterocycles. The zero-order valence-corrected chi connectivity index (χ0v) is 9.28. The lowest BCUT2D eigenvalue weighted by Gasteiger charge is -2.06. The van der Waals surface area contributed by atoms with Crippen LogP contribution >= 0.6 is 0 Å². The summed E-state index contributed by atoms with van der Waals surface area (Å²) in [6.07, 6.45) is 2.63. The van der Waals surface area contributed by atoms with E-state index in [0.29, 0.717) is 5.75 Å². The molecule has 0 aliphatic heterocycles. The van der Waals surface area contributed by atoms with Gasteiger partial charge in [0.15, 0.2) is 0 Å². The highest BCUT2D eigenvalue weighted by Crippen LogP contribution is 2.21. The molecular formula is C12H10N2O4. The standard InChI is InChI=1S/C12H10N2O4/c15-7-8-1-3-9(4-2-8)18-11-10(12(16)17)13-5-6-14-11/h1-6,15H,7H2,(H,16,17). The maximum atomic E-state index is 10.9. The monoisotopic (exact) mass is 246 g/mol. The number of hydrogen-bond acceptors (Lipinski definition) is 5. The van der Waals surface area contributed by atoms with Gasteiger partial charge in [-0.15, -0.1) is 0 Å². The first-order valence-electron chi connectivity index (χ1n) is 5.12. The molecule has 0 aliphatic carbocycles. The normalized spacial score (nSPS) is 10.1. The maximum Gasteiger partial charge on any atom is 0.360 e. The van der Waals surface area contributed by atoms with Crippen molar-refractivity contribution >= 4 is 5.97 Å². The Morgan fingerprint density at radius 2 is 1.83 bits per heavy atom. The average Bonchev–Trinajstić information content (AvgIpc) is 2.40. The summed E-state index contributed by atoms with van der Waals surface area (Å²) in [7, 11) is 0. The summed E-state index contributed by atoms with van der Waals surface area (Å²) in [4.78, 5) is 18.4. The minimum Gasteiger partial charge on any atom is -0.476 e. The van der Waals surface area contributed by atoms with Gasteiger partial charge in [0.25, 0.3) is 5.88 Å². The second-order valence-electron chi connectivity index (χ2n) is 3.42. The molecule has 1 aromatic heterocycles. The van der Waals surface area contributed by atoms with E-state index < -0.39 is 5.97 Å². The average molecular weight is 246 g/mol. The number of hydrogen-bond donors (Lipinski definition) is 2. The highest BCUT2D eigenvalue weighted by Gasteiger charge is 2.14. The number of aliphatic hydroxyl groups is 1. The third kappa shape index (κ3) is 2.61. The van der Waals surface area contributed by atoms with Crippen LogP contribution in [0.1, 0.15) is 16.1 Å². The molecular weight excluding hydrogens is 236 g/mol. The van der Waals surface area contributed by atoms with Crippen LogP contribution in [-0.4, -0.2) is 26.2 Å². The predicted octanol–water partition coefficient (Wildman–Crippen LogP) is 1.46. The highest BCUT2D eigenvalue weighted by atomic mass is 16.5. The van der Waals surface area contributed by atoms with Crippen LogP contribution in [0.25, 0.3) is 0 Å². The molecule has 0 unspecified atom stereocenters. The smallest absolute Gasteiger partial charge is 0.360 e. The number of carbonyl (C=O) groups is 1. The van der Waals surface area contributed by atoms with E-state index >= 15 is 0 Å². The number of rotatable bonds is 4. The van der Waals surface area contributed by atoms with Crippen molar-refractivity contribution in [1.29, 1.82) is 0 Å². The van der Waals surface area contributed by atoms with E-state index in [1.165, 1.54) is 12.4 Å². The number of aliphatic hydroxyl groups excluding tert-OH is 1. The number of carboxylic acids is 1. The molecule has 0 fully saturated rings. The van der Waals surface area contributed by atoms with Crippen LogP contribution in [0.2, 0.25) is 0 Å². The lowest BCUT2D eigenvalue weighted by atomic mass is 10.2. The van der Waals surface area contributed by atoms with Crippen molar-refractivity contribution in [2.24, 2.45) is 0 Å². The van der Waals surface area contributed by atoms with Gasteiger partial charge in [-0.25, -0.2) is 14.8 Å².